The van der Waals surface area contributed by atoms with Gasteiger partial charge in [0.1, 0.15) is 6.10 Å². The fraction of sp³-hybridized carbons (Fsp3) is 0.444. The molecular weight excluding hydrogens is 340 g/mol. The summed E-state index contributed by atoms with van der Waals surface area (Å²) in [6.45, 7) is 5.06. The van der Waals surface area contributed by atoms with Gasteiger partial charge in [0.2, 0.25) is 0 Å². The van der Waals surface area contributed by atoms with Gasteiger partial charge in [-0.25, -0.2) is 4.98 Å². The molecule has 0 aliphatic carbocycles. The number of piperazine rings is 1. The third-order valence-corrected chi connectivity index (χ3v) is 4.85. The fourth-order valence-corrected chi connectivity index (χ4v) is 3.19. The topological polar surface area (TPSA) is 50.6 Å². The minimum Gasteiger partial charge on any atom is -0.367 e. The Labute approximate surface area is 153 Å². The van der Waals surface area contributed by atoms with Gasteiger partial charge >= 0.3 is 0 Å². The molecule has 25 heavy (non-hydrogen) atoms. The number of benzene rings is 1. The number of rotatable bonds is 5. The van der Waals surface area contributed by atoms with Gasteiger partial charge in [-0.05, 0) is 19.1 Å². The van der Waals surface area contributed by atoms with Crippen molar-refractivity contribution in [3.8, 4) is 0 Å². The molecule has 0 spiro atoms. The number of aromatic nitrogens is 2. The summed E-state index contributed by atoms with van der Waals surface area (Å²) in [5.41, 5.74) is 1.97. The first-order chi connectivity index (χ1) is 12.1. The lowest BCUT2D eigenvalue weighted by molar-refractivity contribution is -0.143. The maximum atomic E-state index is 12.6. The van der Waals surface area contributed by atoms with E-state index in [0.717, 1.165) is 29.5 Å². The Balaban J connectivity index is 1.51. The zero-order valence-corrected chi connectivity index (χ0v) is 15.3. The van der Waals surface area contributed by atoms with Crippen LogP contribution in [0.25, 0.3) is 0 Å². The van der Waals surface area contributed by atoms with Crippen molar-refractivity contribution in [2.45, 2.75) is 19.6 Å². The Kier molecular flexibility index (Phi) is 5.60. The van der Waals surface area contributed by atoms with E-state index in [2.05, 4.69) is 9.88 Å². The minimum atomic E-state index is -0.471. The van der Waals surface area contributed by atoms with Gasteiger partial charge in [-0.3, -0.25) is 4.79 Å². The number of carbonyl (C=O) groups excluding carboxylic acids is 1. The van der Waals surface area contributed by atoms with Crippen molar-refractivity contribution in [3.63, 3.8) is 0 Å². The van der Waals surface area contributed by atoms with E-state index in [1.807, 2.05) is 40.8 Å². The molecule has 1 aliphatic heterocycles. The van der Waals surface area contributed by atoms with Crippen LogP contribution in [-0.4, -0.2) is 52.6 Å². The summed E-state index contributed by atoms with van der Waals surface area (Å²) in [5, 5.41) is 0.746. The average molecular weight is 363 g/mol. The van der Waals surface area contributed by atoms with Crippen LogP contribution in [0.2, 0.25) is 5.02 Å². The summed E-state index contributed by atoms with van der Waals surface area (Å²) in [5.74, 6) is 0.0287. The van der Waals surface area contributed by atoms with Crippen molar-refractivity contribution >= 4 is 23.2 Å². The standard InChI is InChI=1S/C18H23ClN4O2/c1-14(25-12-15-11-20-13-21(15)2)18(24)23-9-7-22(8-10-23)17-6-4-3-5-16(17)19/h3-6,11,13-14H,7-10,12H2,1-2H3. The van der Waals surface area contributed by atoms with Crippen LogP contribution in [0.5, 0.6) is 0 Å². The van der Waals surface area contributed by atoms with Gasteiger partial charge in [-0.2, -0.15) is 0 Å². The Morgan fingerprint density at radius 3 is 2.64 bits per heavy atom. The second kappa shape index (κ2) is 7.89. The lowest BCUT2D eigenvalue weighted by atomic mass is 10.2. The number of imidazole rings is 1. The summed E-state index contributed by atoms with van der Waals surface area (Å²) in [6, 6.07) is 7.81. The molecule has 7 heteroatoms. The molecule has 0 saturated carbocycles. The molecule has 0 bridgehead atoms. The minimum absolute atomic E-state index is 0.0287. The highest BCUT2D eigenvalue weighted by atomic mass is 35.5. The van der Waals surface area contributed by atoms with Crippen molar-refractivity contribution in [2.24, 2.45) is 7.05 Å². The Hall–Kier alpha value is -2.05. The van der Waals surface area contributed by atoms with Crippen molar-refractivity contribution in [2.75, 3.05) is 31.1 Å². The summed E-state index contributed by atoms with van der Waals surface area (Å²) in [6.07, 6.45) is 3.00. The van der Waals surface area contributed by atoms with E-state index in [1.165, 1.54) is 0 Å². The zero-order chi connectivity index (χ0) is 17.8. The van der Waals surface area contributed by atoms with Crippen LogP contribution in [-0.2, 0) is 23.2 Å². The van der Waals surface area contributed by atoms with Crippen LogP contribution < -0.4 is 4.90 Å². The number of nitrogens with zero attached hydrogens (tertiary/aromatic N) is 4. The van der Waals surface area contributed by atoms with Crippen LogP contribution in [0.4, 0.5) is 5.69 Å². The number of aryl methyl sites for hydroxylation is 1. The van der Waals surface area contributed by atoms with Crippen LogP contribution in [0.15, 0.2) is 36.8 Å². The maximum absolute atomic E-state index is 12.6. The second-order valence-corrected chi connectivity index (χ2v) is 6.62. The molecule has 1 unspecified atom stereocenters. The Morgan fingerprint density at radius 2 is 2.00 bits per heavy atom. The van der Waals surface area contributed by atoms with Crippen molar-refractivity contribution in [1.82, 2.24) is 14.5 Å². The molecule has 3 rings (SSSR count). The first kappa shape index (κ1) is 17.8. The molecule has 2 heterocycles. The van der Waals surface area contributed by atoms with Gasteiger partial charge in [0, 0.05) is 33.2 Å². The van der Waals surface area contributed by atoms with Gasteiger partial charge in [0.25, 0.3) is 5.91 Å². The smallest absolute Gasteiger partial charge is 0.251 e. The molecule has 1 aromatic heterocycles. The molecule has 6 nitrogen and oxygen atoms in total. The average Bonchev–Trinajstić information content (AvgIpc) is 3.04. The van der Waals surface area contributed by atoms with Crippen molar-refractivity contribution in [3.05, 3.63) is 47.5 Å². The van der Waals surface area contributed by atoms with Crippen molar-refractivity contribution in [1.29, 1.82) is 0 Å². The molecule has 134 valence electrons. The Morgan fingerprint density at radius 1 is 1.28 bits per heavy atom. The lowest BCUT2D eigenvalue weighted by Gasteiger charge is -2.37. The molecule has 2 aromatic rings. The van der Waals surface area contributed by atoms with E-state index < -0.39 is 6.10 Å². The van der Waals surface area contributed by atoms with Crippen LogP contribution >= 0.6 is 11.6 Å². The number of hydrogen-bond acceptors (Lipinski definition) is 4. The molecule has 1 atom stereocenters. The molecule has 1 amide bonds. The molecule has 1 saturated heterocycles. The highest BCUT2D eigenvalue weighted by Gasteiger charge is 2.26. The van der Waals surface area contributed by atoms with E-state index in [0.29, 0.717) is 19.7 Å². The van der Waals surface area contributed by atoms with Crippen molar-refractivity contribution < 1.29 is 9.53 Å². The van der Waals surface area contributed by atoms with Gasteiger partial charge in [0.15, 0.2) is 0 Å². The number of carbonyl (C=O) groups is 1. The number of anilines is 1. The molecular formula is C18H23ClN4O2. The third-order valence-electron chi connectivity index (χ3n) is 4.53. The third kappa shape index (κ3) is 4.14. The van der Waals surface area contributed by atoms with Crippen LogP contribution in [0.3, 0.4) is 0 Å². The molecule has 1 aliphatic rings. The van der Waals surface area contributed by atoms with E-state index in [4.69, 9.17) is 16.3 Å². The van der Waals surface area contributed by atoms with Gasteiger partial charge in [0.05, 0.1) is 35.5 Å². The van der Waals surface area contributed by atoms with Crippen LogP contribution in [0, 0.1) is 0 Å². The fourth-order valence-electron chi connectivity index (χ4n) is 2.94. The van der Waals surface area contributed by atoms with E-state index in [-0.39, 0.29) is 5.91 Å². The van der Waals surface area contributed by atoms with Gasteiger partial charge in [-0.15, -0.1) is 0 Å². The number of hydrogen-bond donors (Lipinski definition) is 0. The van der Waals surface area contributed by atoms with E-state index in [1.54, 1.807) is 19.4 Å². The summed E-state index contributed by atoms with van der Waals surface area (Å²) < 4.78 is 7.61. The molecule has 1 aromatic carbocycles. The monoisotopic (exact) mass is 362 g/mol. The predicted octanol–water partition coefficient (Wildman–Crippen LogP) is 2.33. The van der Waals surface area contributed by atoms with Gasteiger partial charge in [-0.1, -0.05) is 23.7 Å². The Bertz CT molecular complexity index is 725. The normalized spacial score (nSPS) is 16.1. The number of ether oxygens (including phenoxy) is 1. The number of halogens is 1. The number of para-hydroxylation sites is 1. The maximum Gasteiger partial charge on any atom is 0.251 e. The van der Waals surface area contributed by atoms with E-state index in [9.17, 15) is 4.79 Å². The zero-order valence-electron chi connectivity index (χ0n) is 14.6. The SMILES string of the molecule is CC(OCc1cncn1C)C(=O)N1CCN(c2ccccc2Cl)CC1. The first-order valence-corrected chi connectivity index (χ1v) is 8.79. The summed E-state index contributed by atoms with van der Waals surface area (Å²) in [7, 11) is 1.91. The predicted molar refractivity (Wildman–Crippen MR) is 97.7 cm³/mol. The molecule has 0 radical (unpaired) electrons. The quantitative estimate of drug-likeness (QED) is 0.819. The number of amides is 1. The summed E-state index contributed by atoms with van der Waals surface area (Å²) in [4.78, 5) is 20.7. The lowest BCUT2D eigenvalue weighted by Crippen LogP contribution is -2.51. The second-order valence-electron chi connectivity index (χ2n) is 6.21. The van der Waals surface area contributed by atoms with Gasteiger partial charge < -0.3 is 19.1 Å². The first-order valence-electron chi connectivity index (χ1n) is 8.41. The molecule has 1 fully saturated rings. The summed E-state index contributed by atoms with van der Waals surface area (Å²) >= 11 is 6.26. The highest BCUT2D eigenvalue weighted by Crippen LogP contribution is 2.26. The largest absolute Gasteiger partial charge is 0.367 e. The van der Waals surface area contributed by atoms with Crippen LogP contribution in [0.1, 0.15) is 12.6 Å². The molecule has 0 N–H and O–H groups in total. The highest BCUT2D eigenvalue weighted by molar-refractivity contribution is 6.33. The van der Waals surface area contributed by atoms with E-state index >= 15 is 0 Å².